The third-order valence-electron chi connectivity index (χ3n) is 5.34. The number of thiocarbonyl (C=S) groups is 1. The number of hydrogen-bond acceptors (Lipinski definition) is 7. The number of furan rings is 1. The molecule has 3 aromatic heterocycles. The number of halogens is 2. The zero-order valence-corrected chi connectivity index (χ0v) is 22.1. The van der Waals surface area contributed by atoms with Crippen molar-refractivity contribution in [2.24, 2.45) is 0 Å². The third kappa shape index (κ3) is 4.85. The van der Waals surface area contributed by atoms with Crippen molar-refractivity contribution in [1.82, 2.24) is 25.1 Å². The Bertz CT molecular complexity index is 1620. The van der Waals surface area contributed by atoms with Gasteiger partial charge in [-0.3, -0.25) is 10.1 Å². The molecule has 0 bridgehead atoms. The van der Waals surface area contributed by atoms with Gasteiger partial charge in [0.05, 0.1) is 5.02 Å². The van der Waals surface area contributed by atoms with E-state index in [9.17, 15) is 4.79 Å². The lowest BCUT2D eigenvalue weighted by Gasteiger charge is -2.12. The van der Waals surface area contributed by atoms with Gasteiger partial charge in [-0.2, -0.15) is 9.61 Å². The molecular formula is C24H18Cl2N6O2S2. The molecule has 2 N–H and O–H groups in total. The summed E-state index contributed by atoms with van der Waals surface area (Å²) in [7, 11) is 0. The minimum Gasteiger partial charge on any atom is -0.451 e. The van der Waals surface area contributed by atoms with Crippen LogP contribution in [0.2, 0.25) is 10.0 Å². The minimum atomic E-state index is -0.488. The molecular weight excluding hydrogens is 539 g/mol. The number of aromatic nitrogens is 4. The number of carbonyl (C=O) groups excluding carboxylic acids is 1. The minimum absolute atomic E-state index is 0.0898. The molecule has 5 rings (SSSR count). The highest BCUT2D eigenvalue weighted by atomic mass is 35.5. The molecule has 5 aromatic rings. The molecule has 0 spiro atoms. The van der Waals surface area contributed by atoms with Gasteiger partial charge in [0.2, 0.25) is 4.96 Å². The Balaban J connectivity index is 1.26. The Morgan fingerprint density at radius 2 is 1.97 bits per heavy atom. The predicted molar refractivity (Wildman–Crippen MR) is 146 cm³/mol. The maximum absolute atomic E-state index is 12.7. The van der Waals surface area contributed by atoms with E-state index in [0.717, 1.165) is 39.0 Å². The topological polar surface area (TPSA) is 97.3 Å². The molecule has 0 atom stereocenters. The lowest BCUT2D eigenvalue weighted by Crippen LogP contribution is -2.34. The third-order valence-corrected chi connectivity index (χ3v) is 7.06. The molecule has 0 radical (unpaired) electrons. The first-order chi connectivity index (χ1) is 17.3. The molecule has 0 aliphatic carbocycles. The summed E-state index contributed by atoms with van der Waals surface area (Å²) in [6.45, 7) is 3.96. The number of carbonyl (C=O) groups is 1. The summed E-state index contributed by atoms with van der Waals surface area (Å²) in [5.74, 6) is 0.849. The van der Waals surface area contributed by atoms with E-state index in [-0.39, 0.29) is 10.9 Å². The molecule has 3 heterocycles. The molecule has 0 fully saturated rings. The van der Waals surface area contributed by atoms with Crippen LogP contribution in [0.25, 0.3) is 26.9 Å². The fraction of sp³-hybridized carbons (Fsp3) is 0.125. The summed E-state index contributed by atoms with van der Waals surface area (Å²) in [4.78, 5) is 13.4. The van der Waals surface area contributed by atoms with E-state index in [2.05, 4.69) is 25.9 Å². The number of nitrogens with one attached hydrogen (secondary N) is 2. The second kappa shape index (κ2) is 9.98. The first kappa shape index (κ1) is 24.4. The van der Waals surface area contributed by atoms with Crippen LogP contribution in [-0.2, 0) is 6.42 Å². The van der Waals surface area contributed by atoms with Crippen LogP contribution in [0.15, 0.2) is 52.9 Å². The van der Waals surface area contributed by atoms with Crippen molar-refractivity contribution in [3.05, 3.63) is 75.7 Å². The van der Waals surface area contributed by atoms with Crippen LogP contribution in [0, 0.1) is 6.92 Å². The van der Waals surface area contributed by atoms with E-state index >= 15 is 0 Å². The van der Waals surface area contributed by atoms with E-state index in [1.165, 1.54) is 11.3 Å². The van der Waals surface area contributed by atoms with Gasteiger partial charge in [-0.15, -0.1) is 10.2 Å². The molecule has 36 heavy (non-hydrogen) atoms. The van der Waals surface area contributed by atoms with E-state index in [4.69, 9.17) is 39.8 Å². The van der Waals surface area contributed by atoms with Gasteiger partial charge in [0.1, 0.15) is 10.8 Å². The molecule has 1 amide bonds. The van der Waals surface area contributed by atoms with Crippen LogP contribution in [0.5, 0.6) is 0 Å². The van der Waals surface area contributed by atoms with Crippen LogP contribution in [0.1, 0.15) is 28.9 Å². The van der Waals surface area contributed by atoms with Crippen molar-refractivity contribution >= 4 is 68.4 Å². The Morgan fingerprint density at radius 1 is 1.14 bits per heavy atom. The van der Waals surface area contributed by atoms with E-state index in [0.29, 0.717) is 21.4 Å². The largest absolute Gasteiger partial charge is 0.451 e. The zero-order valence-electron chi connectivity index (χ0n) is 19.0. The van der Waals surface area contributed by atoms with Gasteiger partial charge in [0, 0.05) is 28.3 Å². The first-order valence-corrected chi connectivity index (χ1v) is 12.8. The summed E-state index contributed by atoms with van der Waals surface area (Å²) >= 11 is 19.1. The Morgan fingerprint density at radius 3 is 2.75 bits per heavy atom. The number of benzene rings is 2. The van der Waals surface area contributed by atoms with Crippen molar-refractivity contribution in [3.8, 4) is 21.9 Å². The van der Waals surface area contributed by atoms with Crippen LogP contribution in [0.3, 0.4) is 0 Å². The quantitative estimate of drug-likeness (QED) is 0.241. The van der Waals surface area contributed by atoms with Gasteiger partial charge < -0.3 is 9.73 Å². The molecule has 8 nitrogen and oxygen atoms in total. The van der Waals surface area contributed by atoms with Gasteiger partial charge in [-0.25, -0.2) is 0 Å². The summed E-state index contributed by atoms with van der Waals surface area (Å²) < 4.78 is 7.45. The van der Waals surface area contributed by atoms with Crippen LogP contribution in [-0.4, -0.2) is 30.8 Å². The number of fused-ring (bicyclic) bond motifs is 1. The van der Waals surface area contributed by atoms with Gasteiger partial charge >= 0.3 is 0 Å². The fourth-order valence-electron chi connectivity index (χ4n) is 3.54. The first-order valence-electron chi connectivity index (χ1n) is 10.8. The monoisotopic (exact) mass is 556 g/mol. The summed E-state index contributed by atoms with van der Waals surface area (Å²) in [5.41, 5.74) is 3.23. The molecule has 0 unspecified atom stereocenters. The van der Waals surface area contributed by atoms with Crippen molar-refractivity contribution < 1.29 is 9.21 Å². The number of anilines is 1. The smallest absolute Gasteiger partial charge is 0.293 e. The van der Waals surface area contributed by atoms with Crippen molar-refractivity contribution in [2.45, 2.75) is 20.3 Å². The lowest BCUT2D eigenvalue weighted by atomic mass is 10.1. The van der Waals surface area contributed by atoms with Gasteiger partial charge in [0.15, 0.2) is 16.7 Å². The lowest BCUT2D eigenvalue weighted by molar-refractivity contribution is 0.0951. The Labute approximate surface area is 225 Å². The summed E-state index contributed by atoms with van der Waals surface area (Å²) in [6.07, 6.45) is 0.753. The van der Waals surface area contributed by atoms with E-state index < -0.39 is 5.91 Å². The number of nitrogens with zero attached hydrogens (tertiary/aromatic N) is 4. The number of hydrogen-bond donors (Lipinski definition) is 2. The summed E-state index contributed by atoms with van der Waals surface area (Å²) in [6, 6.07) is 14.0. The highest BCUT2D eigenvalue weighted by molar-refractivity contribution is 7.80. The molecule has 0 aliphatic heterocycles. The van der Waals surface area contributed by atoms with Crippen LogP contribution >= 0.6 is 46.8 Å². The van der Waals surface area contributed by atoms with Crippen molar-refractivity contribution in [2.75, 3.05) is 5.32 Å². The van der Waals surface area contributed by atoms with E-state index in [1.807, 2.05) is 32.0 Å². The highest BCUT2D eigenvalue weighted by Crippen LogP contribution is 2.32. The molecule has 182 valence electrons. The molecule has 0 saturated carbocycles. The fourth-order valence-corrected chi connectivity index (χ4v) is 4.98. The maximum Gasteiger partial charge on any atom is 0.293 e. The number of rotatable bonds is 5. The predicted octanol–water partition coefficient (Wildman–Crippen LogP) is 6.42. The molecule has 0 saturated heterocycles. The Hall–Kier alpha value is -3.31. The standard InChI is InChI=1S/C24H18Cl2N6O2S2/c1-3-20-29-30-24-32(20)31-22(36-24)13-4-7-17(12(2)10-13)27-23(35)28-21(33)19-9-8-18(34-19)15-11-14(25)5-6-16(15)26/h4-11H,3H2,1-2H3,(H2,27,28,33,35). The van der Waals surface area contributed by atoms with Gasteiger partial charge in [-0.1, -0.05) is 41.5 Å². The van der Waals surface area contributed by atoms with Gasteiger partial charge in [0.25, 0.3) is 5.91 Å². The normalized spacial score (nSPS) is 11.1. The average molecular weight is 557 g/mol. The van der Waals surface area contributed by atoms with Crippen molar-refractivity contribution in [1.29, 1.82) is 0 Å². The molecule has 12 heteroatoms. The highest BCUT2D eigenvalue weighted by Gasteiger charge is 2.17. The van der Waals surface area contributed by atoms with E-state index in [1.54, 1.807) is 34.8 Å². The molecule has 0 aliphatic rings. The second-order valence-corrected chi connectivity index (χ2v) is 10.0. The Kier molecular flexibility index (Phi) is 6.76. The van der Waals surface area contributed by atoms with Crippen LogP contribution in [0.4, 0.5) is 5.69 Å². The SMILES string of the molecule is CCc1nnc2sc(-c3ccc(NC(=S)NC(=O)c4ccc(-c5cc(Cl)ccc5Cl)o4)c(C)c3)nn12. The number of aryl methyl sites for hydroxylation is 2. The van der Waals surface area contributed by atoms with Crippen LogP contribution < -0.4 is 10.6 Å². The molecule has 2 aromatic carbocycles. The van der Waals surface area contributed by atoms with Gasteiger partial charge in [-0.05, 0) is 73.2 Å². The second-order valence-electron chi connectivity index (χ2n) is 7.80. The zero-order chi connectivity index (χ0) is 25.4. The summed E-state index contributed by atoms with van der Waals surface area (Å²) in [5, 5.41) is 20.6. The van der Waals surface area contributed by atoms with Crippen molar-refractivity contribution in [3.63, 3.8) is 0 Å². The maximum atomic E-state index is 12.7. The average Bonchev–Trinajstić information content (AvgIpc) is 3.58. The number of amides is 1.